The second-order valence-electron chi connectivity index (χ2n) is 5.32. The highest BCUT2D eigenvalue weighted by Gasteiger charge is 2.23. The van der Waals surface area contributed by atoms with Gasteiger partial charge in [-0.25, -0.2) is 4.79 Å². The summed E-state index contributed by atoms with van der Waals surface area (Å²) in [7, 11) is 0. The van der Waals surface area contributed by atoms with Gasteiger partial charge in [0.15, 0.2) is 0 Å². The zero-order valence-corrected chi connectivity index (χ0v) is 11.6. The van der Waals surface area contributed by atoms with Gasteiger partial charge in [0.05, 0.1) is 5.71 Å². The average Bonchev–Trinajstić information content (AvgIpc) is 2.27. The first-order valence-corrected chi connectivity index (χ1v) is 6.22. The van der Waals surface area contributed by atoms with Crippen LogP contribution in [-0.4, -0.2) is 35.4 Å². The highest BCUT2D eigenvalue weighted by Crippen LogP contribution is 2.16. The molecule has 0 unspecified atom stereocenters. The van der Waals surface area contributed by atoms with Crippen LogP contribution in [-0.2, 0) is 4.74 Å². The number of nitrogens with zero attached hydrogens (tertiary/aromatic N) is 1. The molecule has 1 rings (SSSR count). The van der Waals surface area contributed by atoms with Crippen molar-refractivity contribution in [3.05, 3.63) is 23.8 Å². The lowest BCUT2D eigenvalue weighted by Gasteiger charge is -2.29. The van der Waals surface area contributed by atoms with Gasteiger partial charge in [0.1, 0.15) is 5.60 Å². The standard InChI is InChI=1S/C14H22N2O2/c1-5-6-12(15)11-7-9-16(10-8-11)13(17)18-14(2,3)4/h5-7,15H,8-10H2,1-4H3/b6-5-,15-12?. The summed E-state index contributed by atoms with van der Waals surface area (Å²) in [5.41, 5.74) is 1.06. The Kier molecular flexibility index (Phi) is 4.70. The van der Waals surface area contributed by atoms with Crippen LogP contribution in [0.3, 0.4) is 0 Å². The monoisotopic (exact) mass is 250 g/mol. The number of allylic oxidation sites excluding steroid dienone is 2. The number of amides is 1. The number of hydrogen-bond acceptors (Lipinski definition) is 3. The number of hydrogen-bond donors (Lipinski definition) is 1. The van der Waals surface area contributed by atoms with Crippen molar-refractivity contribution in [3.63, 3.8) is 0 Å². The summed E-state index contributed by atoms with van der Waals surface area (Å²) in [5, 5.41) is 7.81. The lowest BCUT2D eigenvalue weighted by molar-refractivity contribution is 0.0267. The molecule has 1 aliphatic heterocycles. The predicted molar refractivity (Wildman–Crippen MR) is 73.0 cm³/mol. The van der Waals surface area contributed by atoms with E-state index in [-0.39, 0.29) is 6.09 Å². The van der Waals surface area contributed by atoms with Gasteiger partial charge in [-0.3, -0.25) is 0 Å². The quantitative estimate of drug-likeness (QED) is 0.765. The van der Waals surface area contributed by atoms with Gasteiger partial charge in [-0.15, -0.1) is 0 Å². The summed E-state index contributed by atoms with van der Waals surface area (Å²) >= 11 is 0. The molecule has 0 aromatic heterocycles. The minimum Gasteiger partial charge on any atom is -0.444 e. The Morgan fingerprint density at radius 1 is 1.50 bits per heavy atom. The maximum atomic E-state index is 11.8. The van der Waals surface area contributed by atoms with E-state index in [1.54, 1.807) is 11.0 Å². The molecule has 1 amide bonds. The Balaban J connectivity index is 2.57. The minimum absolute atomic E-state index is 0.282. The molecule has 0 saturated heterocycles. The maximum Gasteiger partial charge on any atom is 0.410 e. The van der Waals surface area contributed by atoms with Gasteiger partial charge in [0.25, 0.3) is 0 Å². The fraction of sp³-hybridized carbons (Fsp3) is 0.571. The van der Waals surface area contributed by atoms with E-state index >= 15 is 0 Å². The molecule has 0 atom stereocenters. The normalized spacial score (nSPS) is 16.7. The van der Waals surface area contributed by atoms with Crippen LogP contribution in [0.15, 0.2) is 23.8 Å². The van der Waals surface area contributed by atoms with Crippen LogP contribution in [0, 0.1) is 5.41 Å². The van der Waals surface area contributed by atoms with Gasteiger partial charge < -0.3 is 15.0 Å². The van der Waals surface area contributed by atoms with E-state index in [2.05, 4.69) is 0 Å². The van der Waals surface area contributed by atoms with Crippen molar-refractivity contribution in [3.8, 4) is 0 Å². The van der Waals surface area contributed by atoms with Gasteiger partial charge in [0, 0.05) is 13.1 Å². The summed E-state index contributed by atoms with van der Waals surface area (Å²) in [6, 6.07) is 0. The van der Waals surface area contributed by atoms with Gasteiger partial charge in [0.2, 0.25) is 0 Å². The molecular weight excluding hydrogens is 228 g/mol. The van der Waals surface area contributed by atoms with Crippen LogP contribution in [0.4, 0.5) is 4.79 Å². The van der Waals surface area contributed by atoms with Crippen molar-refractivity contribution in [2.45, 2.75) is 39.7 Å². The van der Waals surface area contributed by atoms with Crippen LogP contribution >= 0.6 is 0 Å². The Morgan fingerprint density at radius 3 is 2.61 bits per heavy atom. The van der Waals surface area contributed by atoms with E-state index in [9.17, 15) is 4.79 Å². The second-order valence-corrected chi connectivity index (χ2v) is 5.32. The molecule has 4 nitrogen and oxygen atoms in total. The van der Waals surface area contributed by atoms with E-state index in [0.29, 0.717) is 25.2 Å². The van der Waals surface area contributed by atoms with E-state index in [1.165, 1.54) is 0 Å². The van der Waals surface area contributed by atoms with Gasteiger partial charge >= 0.3 is 6.09 Å². The molecule has 0 fully saturated rings. The van der Waals surface area contributed by atoms with Crippen LogP contribution < -0.4 is 0 Å². The smallest absolute Gasteiger partial charge is 0.410 e. The molecule has 1 N–H and O–H groups in total. The van der Waals surface area contributed by atoms with Crippen LogP contribution in [0.5, 0.6) is 0 Å². The third kappa shape index (κ3) is 4.35. The summed E-state index contributed by atoms with van der Waals surface area (Å²) in [6.45, 7) is 8.60. The lowest BCUT2D eigenvalue weighted by Crippen LogP contribution is -2.39. The fourth-order valence-corrected chi connectivity index (χ4v) is 1.68. The highest BCUT2D eigenvalue weighted by atomic mass is 16.6. The molecule has 100 valence electrons. The van der Waals surface area contributed by atoms with Gasteiger partial charge in [-0.2, -0.15) is 0 Å². The van der Waals surface area contributed by atoms with Crippen LogP contribution in [0.1, 0.15) is 34.1 Å². The zero-order valence-electron chi connectivity index (χ0n) is 11.6. The topological polar surface area (TPSA) is 53.4 Å². The number of ether oxygens (including phenoxy) is 1. The summed E-state index contributed by atoms with van der Waals surface area (Å²) in [4.78, 5) is 13.5. The number of rotatable bonds is 2. The molecule has 0 aromatic carbocycles. The van der Waals surface area contributed by atoms with Gasteiger partial charge in [-0.1, -0.05) is 12.2 Å². The Labute approximate surface area is 109 Å². The molecule has 0 radical (unpaired) electrons. The largest absolute Gasteiger partial charge is 0.444 e. The first-order chi connectivity index (χ1) is 8.33. The fourth-order valence-electron chi connectivity index (χ4n) is 1.68. The SMILES string of the molecule is C/C=C\C(=N)C1=CCN(C(=O)OC(C)(C)C)CC1. The molecule has 0 aromatic rings. The van der Waals surface area contributed by atoms with Gasteiger partial charge in [-0.05, 0) is 45.8 Å². The molecule has 0 spiro atoms. The van der Waals surface area contributed by atoms with Crippen LogP contribution in [0.25, 0.3) is 0 Å². The van der Waals surface area contributed by atoms with Crippen molar-refractivity contribution in [1.82, 2.24) is 4.90 Å². The predicted octanol–water partition coefficient (Wildman–Crippen LogP) is 3.15. The molecule has 0 bridgehead atoms. The molecule has 0 saturated carbocycles. The van der Waals surface area contributed by atoms with Crippen molar-refractivity contribution < 1.29 is 9.53 Å². The highest BCUT2D eigenvalue weighted by molar-refractivity contribution is 6.06. The second kappa shape index (κ2) is 5.85. The molecule has 4 heteroatoms. The summed E-state index contributed by atoms with van der Waals surface area (Å²) < 4.78 is 5.31. The molecule has 18 heavy (non-hydrogen) atoms. The van der Waals surface area contributed by atoms with E-state index in [0.717, 1.165) is 5.57 Å². The molecule has 1 aliphatic rings. The number of carbonyl (C=O) groups excluding carboxylic acids is 1. The van der Waals surface area contributed by atoms with Crippen molar-refractivity contribution in [1.29, 1.82) is 5.41 Å². The third-order valence-corrected chi connectivity index (χ3v) is 2.54. The average molecular weight is 250 g/mol. The minimum atomic E-state index is -0.460. The Morgan fingerprint density at radius 2 is 2.17 bits per heavy atom. The molecule has 0 aliphatic carbocycles. The van der Waals surface area contributed by atoms with Crippen molar-refractivity contribution >= 4 is 11.8 Å². The third-order valence-electron chi connectivity index (χ3n) is 2.54. The van der Waals surface area contributed by atoms with E-state index in [4.69, 9.17) is 10.1 Å². The number of carbonyl (C=O) groups is 1. The number of nitrogens with one attached hydrogen (secondary N) is 1. The van der Waals surface area contributed by atoms with E-state index < -0.39 is 5.60 Å². The molecular formula is C14H22N2O2. The summed E-state index contributed by atoms with van der Waals surface area (Å²) in [5.74, 6) is 0. The first-order valence-electron chi connectivity index (χ1n) is 6.22. The zero-order chi connectivity index (χ0) is 13.8. The van der Waals surface area contributed by atoms with Crippen molar-refractivity contribution in [2.24, 2.45) is 0 Å². The molecule has 1 heterocycles. The lowest BCUT2D eigenvalue weighted by atomic mass is 10.0. The summed E-state index contributed by atoms with van der Waals surface area (Å²) in [6.07, 6.45) is 5.98. The Bertz CT molecular complexity index is 389. The first kappa shape index (κ1) is 14.5. The van der Waals surface area contributed by atoms with E-state index in [1.807, 2.05) is 39.8 Å². The maximum absolute atomic E-state index is 11.8. The van der Waals surface area contributed by atoms with Crippen LogP contribution in [0.2, 0.25) is 0 Å². The van der Waals surface area contributed by atoms with Crippen molar-refractivity contribution in [2.75, 3.05) is 13.1 Å². The Hall–Kier alpha value is -1.58.